The summed E-state index contributed by atoms with van der Waals surface area (Å²) in [6.45, 7) is 1.73. The molecule has 0 spiro atoms. The zero-order valence-electron chi connectivity index (χ0n) is 9.94. The number of benzene rings is 2. The molecule has 0 saturated heterocycles. The number of hydrogen-bond acceptors (Lipinski definition) is 2. The minimum atomic E-state index is -0.485. The SMILES string of the molecule is CNC(=O)C(C)Oc1ccc2ccccc2c1. The molecule has 2 rings (SSSR count). The van der Waals surface area contributed by atoms with Gasteiger partial charge in [-0.1, -0.05) is 30.3 Å². The van der Waals surface area contributed by atoms with Gasteiger partial charge in [-0.3, -0.25) is 4.79 Å². The van der Waals surface area contributed by atoms with Crippen LogP contribution < -0.4 is 10.1 Å². The second-order valence-electron chi connectivity index (χ2n) is 3.88. The van der Waals surface area contributed by atoms with Gasteiger partial charge in [0.2, 0.25) is 0 Å². The van der Waals surface area contributed by atoms with Gasteiger partial charge in [0.15, 0.2) is 6.10 Å². The minimum Gasteiger partial charge on any atom is -0.481 e. The summed E-state index contributed by atoms with van der Waals surface area (Å²) in [6, 6.07) is 13.8. The highest BCUT2D eigenvalue weighted by molar-refractivity contribution is 5.84. The third kappa shape index (κ3) is 2.56. The summed E-state index contributed by atoms with van der Waals surface area (Å²) in [5, 5.41) is 4.82. The van der Waals surface area contributed by atoms with E-state index in [1.807, 2.05) is 42.5 Å². The van der Waals surface area contributed by atoms with Crippen LogP contribution in [0, 0.1) is 0 Å². The Bertz CT molecular complexity index is 536. The van der Waals surface area contributed by atoms with Gasteiger partial charge in [0.25, 0.3) is 5.91 Å². The molecule has 3 nitrogen and oxygen atoms in total. The fourth-order valence-electron chi connectivity index (χ4n) is 1.70. The van der Waals surface area contributed by atoms with E-state index in [4.69, 9.17) is 4.74 Å². The Morgan fingerprint density at radius 1 is 1.18 bits per heavy atom. The Morgan fingerprint density at radius 2 is 1.88 bits per heavy atom. The Hall–Kier alpha value is -2.03. The van der Waals surface area contributed by atoms with Crippen molar-refractivity contribution in [1.29, 1.82) is 0 Å². The highest BCUT2D eigenvalue weighted by Gasteiger charge is 2.12. The van der Waals surface area contributed by atoms with E-state index in [1.165, 1.54) is 0 Å². The van der Waals surface area contributed by atoms with Crippen molar-refractivity contribution in [3.8, 4) is 5.75 Å². The van der Waals surface area contributed by atoms with E-state index in [9.17, 15) is 4.79 Å². The van der Waals surface area contributed by atoms with Crippen LogP contribution in [-0.4, -0.2) is 19.1 Å². The van der Waals surface area contributed by atoms with Crippen molar-refractivity contribution >= 4 is 16.7 Å². The van der Waals surface area contributed by atoms with Gasteiger partial charge in [-0.05, 0) is 29.8 Å². The minimum absolute atomic E-state index is 0.127. The predicted molar refractivity (Wildman–Crippen MR) is 68.1 cm³/mol. The molecule has 1 unspecified atom stereocenters. The first-order chi connectivity index (χ1) is 8.20. The summed E-state index contributed by atoms with van der Waals surface area (Å²) < 4.78 is 5.56. The van der Waals surface area contributed by atoms with E-state index in [-0.39, 0.29) is 5.91 Å². The van der Waals surface area contributed by atoms with E-state index in [0.717, 1.165) is 10.8 Å². The molecule has 2 aromatic carbocycles. The van der Waals surface area contributed by atoms with Crippen LogP contribution >= 0.6 is 0 Å². The molecule has 1 amide bonds. The van der Waals surface area contributed by atoms with Crippen LogP contribution in [0.15, 0.2) is 42.5 Å². The molecular weight excluding hydrogens is 214 g/mol. The number of nitrogens with one attached hydrogen (secondary N) is 1. The summed E-state index contributed by atoms with van der Waals surface area (Å²) in [6.07, 6.45) is -0.485. The fraction of sp³-hybridized carbons (Fsp3) is 0.214. The van der Waals surface area contributed by atoms with Crippen LogP contribution in [0.25, 0.3) is 10.8 Å². The Kier molecular flexibility index (Phi) is 3.28. The molecule has 0 radical (unpaired) electrons. The smallest absolute Gasteiger partial charge is 0.260 e. The quantitative estimate of drug-likeness (QED) is 0.877. The molecule has 0 heterocycles. The molecule has 0 aliphatic carbocycles. The number of ether oxygens (including phenoxy) is 1. The largest absolute Gasteiger partial charge is 0.481 e. The fourth-order valence-corrected chi connectivity index (χ4v) is 1.70. The summed E-state index contributed by atoms with van der Waals surface area (Å²) in [4.78, 5) is 11.3. The van der Waals surface area contributed by atoms with Crippen molar-refractivity contribution in [2.24, 2.45) is 0 Å². The number of amides is 1. The maximum Gasteiger partial charge on any atom is 0.260 e. The van der Waals surface area contributed by atoms with Crippen LogP contribution in [0.2, 0.25) is 0 Å². The van der Waals surface area contributed by atoms with Crippen LogP contribution in [0.5, 0.6) is 5.75 Å². The van der Waals surface area contributed by atoms with Crippen molar-refractivity contribution in [2.75, 3.05) is 7.05 Å². The first-order valence-corrected chi connectivity index (χ1v) is 5.58. The number of likely N-dealkylation sites (N-methyl/N-ethyl adjacent to an activating group) is 1. The van der Waals surface area contributed by atoms with Crippen LogP contribution in [0.4, 0.5) is 0 Å². The van der Waals surface area contributed by atoms with Gasteiger partial charge < -0.3 is 10.1 Å². The molecular formula is C14H15NO2. The molecule has 1 atom stereocenters. The van der Waals surface area contributed by atoms with Gasteiger partial charge in [-0.15, -0.1) is 0 Å². The monoisotopic (exact) mass is 229 g/mol. The van der Waals surface area contributed by atoms with Crippen LogP contribution in [-0.2, 0) is 4.79 Å². The lowest BCUT2D eigenvalue weighted by molar-refractivity contribution is -0.126. The van der Waals surface area contributed by atoms with Crippen molar-refractivity contribution in [1.82, 2.24) is 5.32 Å². The van der Waals surface area contributed by atoms with Gasteiger partial charge in [0, 0.05) is 7.05 Å². The van der Waals surface area contributed by atoms with Gasteiger partial charge in [-0.2, -0.15) is 0 Å². The second-order valence-corrected chi connectivity index (χ2v) is 3.88. The lowest BCUT2D eigenvalue weighted by atomic mass is 10.1. The van der Waals surface area contributed by atoms with Crippen LogP contribution in [0.1, 0.15) is 6.92 Å². The van der Waals surface area contributed by atoms with Crippen molar-refractivity contribution < 1.29 is 9.53 Å². The van der Waals surface area contributed by atoms with E-state index in [0.29, 0.717) is 5.75 Å². The first kappa shape index (κ1) is 11.5. The number of carbonyl (C=O) groups excluding carboxylic acids is 1. The zero-order chi connectivity index (χ0) is 12.3. The lowest BCUT2D eigenvalue weighted by Gasteiger charge is -2.13. The van der Waals surface area contributed by atoms with E-state index >= 15 is 0 Å². The number of carbonyl (C=O) groups is 1. The maximum atomic E-state index is 11.3. The Balaban J connectivity index is 2.22. The highest BCUT2D eigenvalue weighted by Crippen LogP contribution is 2.21. The Morgan fingerprint density at radius 3 is 2.59 bits per heavy atom. The standard InChI is InChI=1S/C14H15NO2/c1-10(14(16)15-2)17-13-8-7-11-5-3-4-6-12(11)9-13/h3-10H,1-2H3,(H,15,16). The number of fused-ring (bicyclic) bond motifs is 1. The van der Waals surface area contributed by atoms with E-state index in [1.54, 1.807) is 14.0 Å². The van der Waals surface area contributed by atoms with Gasteiger partial charge >= 0.3 is 0 Å². The predicted octanol–water partition coefficient (Wildman–Crippen LogP) is 2.35. The summed E-state index contributed by atoms with van der Waals surface area (Å²) in [7, 11) is 1.60. The molecule has 3 heteroatoms. The molecule has 0 aliphatic heterocycles. The number of rotatable bonds is 3. The average Bonchev–Trinajstić information content (AvgIpc) is 2.37. The molecule has 2 aromatic rings. The molecule has 0 saturated carbocycles. The zero-order valence-corrected chi connectivity index (χ0v) is 9.94. The van der Waals surface area contributed by atoms with Crippen molar-refractivity contribution in [3.63, 3.8) is 0 Å². The van der Waals surface area contributed by atoms with E-state index < -0.39 is 6.10 Å². The van der Waals surface area contributed by atoms with Gasteiger partial charge in [0.1, 0.15) is 5.75 Å². The maximum absolute atomic E-state index is 11.3. The number of hydrogen-bond donors (Lipinski definition) is 1. The van der Waals surface area contributed by atoms with Gasteiger partial charge in [-0.25, -0.2) is 0 Å². The van der Waals surface area contributed by atoms with Crippen molar-refractivity contribution in [3.05, 3.63) is 42.5 Å². The summed E-state index contributed by atoms with van der Waals surface area (Å²) in [5.74, 6) is 0.581. The third-order valence-electron chi connectivity index (χ3n) is 2.65. The summed E-state index contributed by atoms with van der Waals surface area (Å²) >= 11 is 0. The second kappa shape index (κ2) is 4.87. The third-order valence-corrected chi connectivity index (χ3v) is 2.65. The van der Waals surface area contributed by atoms with Crippen LogP contribution in [0.3, 0.4) is 0 Å². The average molecular weight is 229 g/mol. The normalized spacial score (nSPS) is 12.1. The lowest BCUT2D eigenvalue weighted by Crippen LogP contribution is -2.33. The summed E-state index contributed by atoms with van der Waals surface area (Å²) in [5.41, 5.74) is 0. The molecule has 0 aromatic heterocycles. The molecule has 0 aliphatic rings. The molecule has 0 fully saturated rings. The van der Waals surface area contributed by atoms with Crippen molar-refractivity contribution in [2.45, 2.75) is 13.0 Å². The molecule has 17 heavy (non-hydrogen) atoms. The Labute approximate surface area is 100 Å². The topological polar surface area (TPSA) is 38.3 Å². The molecule has 0 bridgehead atoms. The molecule has 88 valence electrons. The first-order valence-electron chi connectivity index (χ1n) is 5.58. The van der Waals surface area contributed by atoms with Gasteiger partial charge in [0.05, 0.1) is 0 Å². The highest BCUT2D eigenvalue weighted by atomic mass is 16.5. The van der Waals surface area contributed by atoms with E-state index in [2.05, 4.69) is 5.32 Å². The molecule has 1 N–H and O–H groups in total.